The van der Waals surface area contributed by atoms with Gasteiger partial charge in [-0.15, -0.1) is 0 Å². The first-order chi connectivity index (χ1) is 17.3. The van der Waals surface area contributed by atoms with Crippen LogP contribution in [0.2, 0.25) is 15.1 Å². The number of benzene rings is 3. The molecule has 0 spiro atoms. The molecule has 11 heteroatoms. The molecule has 188 valence electrons. The maximum absolute atomic E-state index is 12.1. The number of ether oxygens (including phenoxy) is 2. The highest BCUT2D eigenvalue weighted by Crippen LogP contribution is 2.37. The second kappa shape index (κ2) is 13.5. The molecule has 7 nitrogen and oxygen atoms in total. The fourth-order valence-corrected chi connectivity index (χ4v) is 3.95. The molecule has 0 saturated carbocycles. The van der Waals surface area contributed by atoms with Crippen LogP contribution in [0.5, 0.6) is 11.5 Å². The Hall–Kier alpha value is -2.78. The van der Waals surface area contributed by atoms with Crippen LogP contribution in [0.3, 0.4) is 0 Å². The number of hydrogen-bond donors (Lipinski definition) is 2. The van der Waals surface area contributed by atoms with Crippen molar-refractivity contribution in [2.75, 3.05) is 13.7 Å². The molecule has 0 unspecified atom stereocenters. The van der Waals surface area contributed by atoms with Gasteiger partial charge in [0.05, 0.1) is 27.8 Å². The summed E-state index contributed by atoms with van der Waals surface area (Å²) in [5.41, 5.74) is 4.40. The van der Waals surface area contributed by atoms with Crippen LogP contribution in [-0.2, 0) is 11.4 Å². The highest BCUT2D eigenvalue weighted by atomic mass is 79.9. The summed E-state index contributed by atoms with van der Waals surface area (Å²) in [5, 5.41) is 7.90. The number of methoxy groups -OCH3 is 1. The molecule has 0 bridgehead atoms. The molecule has 0 aromatic heterocycles. The summed E-state index contributed by atoms with van der Waals surface area (Å²) in [6.45, 7) is 0.455. The fraction of sp³-hybridized carbons (Fsp3) is 0.160. The molecule has 2 N–H and O–H groups in total. The molecule has 3 rings (SSSR count). The van der Waals surface area contributed by atoms with E-state index < -0.39 is 0 Å². The summed E-state index contributed by atoms with van der Waals surface area (Å²) in [7, 11) is 1.53. The lowest BCUT2D eigenvalue weighted by Gasteiger charge is -2.13. The smallest absolute Gasteiger partial charge is 0.251 e. The molecule has 0 aliphatic carbocycles. The van der Waals surface area contributed by atoms with E-state index in [9.17, 15) is 9.59 Å². The molecular formula is C25H21BrCl3N3O4. The van der Waals surface area contributed by atoms with E-state index in [1.54, 1.807) is 30.3 Å². The van der Waals surface area contributed by atoms with Crippen molar-refractivity contribution in [3.63, 3.8) is 0 Å². The van der Waals surface area contributed by atoms with Crippen LogP contribution >= 0.6 is 50.7 Å². The highest BCUT2D eigenvalue weighted by Gasteiger charge is 2.12. The van der Waals surface area contributed by atoms with Gasteiger partial charge in [-0.1, -0.05) is 46.9 Å². The lowest BCUT2D eigenvalue weighted by molar-refractivity contribution is -0.120. The van der Waals surface area contributed by atoms with Gasteiger partial charge in [0.25, 0.3) is 5.91 Å². The minimum Gasteiger partial charge on any atom is -0.493 e. The van der Waals surface area contributed by atoms with Crippen molar-refractivity contribution in [2.45, 2.75) is 13.0 Å². The average Bonchev–Trinajstić information content (AvgIpc) is 2.85. The van der Waals surface area contributed by atoms with Crippen LogP contribution in [-0.4, -0.2) is 31.7 Å². The first kappa shape index (κ1) is 27.8. The van der Waals surface area contributed by atoms with E-state index in [2.05, 4.69) is 31.8 Å². The van der Waals surface area contributed by atoms with Gasteiger partial charge >= 0.3 is 0 Å². The number of carbonyl (C=O) groups excluding carboxylic acids is 2. The Kier molecular flexibility index (Phi) is 10.4. The Balaban J connectivity index is 1.50. The Labute approximate surface area is 231 Å². The lowest BCUT2D eigenvalue weighted by Crippen LogP contribution is -2.29. The molecule has 0 atom stereocenters. The summed E-state index contributed by atoms with van der Waals surface area (Å²) < 4.78 is 12.0. The fourth-order valence-electron chi connectivity index (χ4n) is 2.95. The van der Waals surface area contributed by atoms with Gasteiger partial charge in [-0.3, -0.25) is 9.59 Å². The molecule has 3 aromatic rings. The molecule has 0 fully saturated rings. The van der Waals surface area contributed by atoms with Crippen molar-refractivity contribution in [1.82, 2.24) is 10.7 Å². The van der Waals surface area contributed by atoms with E-state index in [0.29, 0.717) is 43.8 Å². The largest absolute Gasteiger partial charge is 0.493 e. The summed E-state index contributed by atoms with van der Waals surface area (Å²) in [5.74, 6) is 0.303. The molecule has 36 heavy (non-hydrogen) atoms. The minimum atomic E-state index is -0.366. The number of amides is 2. The second-order valence-electron chi connectivity index (χ2n) is 7.38. The maximum Gasteiger partial charge on any atom is 0.251 e. The normalized spacial score (nSPS) is 10.8. The summed E-state index contributed by atoms with van der Waals surface area (Å²) in [6, 6.07) is 15.4. The van der Waals surface area contributed by atoms with Gasteiger partial charge in [-0.25, -0.2) is 5.43 Å². The van der Waals surface area contributed by atoms with Crippen LogP contribution in [0, 0.1) is 0 Å². The van der Waals surface area contributed by atoms with Gasteiger partial charge in [-0.2, -0.15) is 5.10 Å². The Morgan fingerprint density at radius 1 is 1.03 bits per heavy atom. The van der Waals surface area contributed by atoms with Gasteiger partial charge in [0.2, 0.25) is 5.91 Å². The monoisotopic (exact) mass is 611 g/mol. The minimum absolute atomic E-state index is 0.0366. The quantitative estimate of drug-likeness (QED) is 0.209. The number of carbonyl (C=O) groups is 2. The molecule has 3 aromatic carbocycles. The third-order valence-corrected chi connectivity index (χ3v) is 6.35. The van der Waals surface area contributed by atoms with E-state index in [1.165, 1.54) is 25.5 Å². The zero-order valence-electron chi connectivity index (χ0n) is 19.0. The molecular weight excluding hydrogens is 593 g/mol. The van der Waals surface area contributed by atoms with E-state index in [4.69, 9.17) is 44.3 Å². The SMILES string of the molecule is COc1cc(C=NNC(=O)CCNC(=O)c2ccc(Cl)c(Cl)c2)cc(Br)c1OCc1ccc(Cl)cc1. The molecule has 0 saturated heterocycles. The zero-order valence-corrected chi connectivity index (χ0v) is 22.8. The van der Waals surface area contributed by atoms with Gasteiger partial charge in [0.15, 0.2) is 11.5 Å². The predicted molar refractivity (Wildman–Crippen MR) is 146 cm³/mol. The van der Waals surface area contributed by atoms with Crippen LogP contribution in [0.15, 0.2) is 64.2 Å². The van der Waals surface area contributed by atoms with Crippen molar-refractivity contribution in [2.24, 2.45) is 5.10 Å². The number of nitrogens with zero attached hydrogens (tertiary/aromatic N) is 1. The van der Waals surface area contributed by atoms with Gasteiger partial charge in [0.1, 0.15) is 6.61 Å². The topological polar surface area (TPSA) is 89.0 Å². The first-order valence-electron chi connectivity index (χ1n) is 10.6. The number of halogens is 4. The number of hydrazone groups is 1. The van der Waals surface area contributed by atoms with Crippen LogP contribution in [0.4, 0.5) is 0 Å². The molecule has 0 heterocycles. The Morgan fingerprint density at radius 3 is 2.47 bits per heavy atom. The van der Waals surface area contributed by atoms with E-state index >= 15 is 0 Å². The highest BCUT2D eigenvalue weighted by molar-refractivity contribution is 9.10. The van der Waals surface area contributed by atoms with Gasteiger partial charge in [0, 0.05) is 23.6 Å². The van der Waals surface area contributed by atoms with E-state index in [-0.39, 0.29) is 29.8 Å². The third-order valence-electron chi connectivity index (χ3n) is 4.77. The number of rotatable bonds is 10. The van der Waals surface area contributed by atoms with Gasteiger partial charge < -0.3 is 14.8 Å². The zero-order chi connectivity index (χ0) is 26.1. The summed E-state index contributed by atoms with van der Waals surface area (Å²) >= 11 is 21.2. The second-order valence-corrected chi connectivity index (χ2v) is 9.48. The van der Waals surface area contributed by atoms with Crippen molar-refractivity contribution < 1.29 is 19.1 Å². The van der Waals surface area contributed by atoms with Crippen molar-refractivity contribution in [3.8, 4) is 11.5 Å². The summed E-state index contributed by atoms with van der Waals surface area (Å²) in [4.78, 5) is 24.2. The van der Waals surface area contributed by atoms with Crippen LogP contribution < -0.4 is 20.2 Å². The van der Waals surface area contributed by atoms with E-state index in [0.717, 1.165) is 5.56 Å². The molecule has 0 aliphatic heterocycles. The number of hydrogen-bond acceptors (Lipinski definition) is 5. The lowest BCUT2D eigenvalue weighted by atomic mass is 10.2. The Morgan fingerprint density at radius 2 is 1.78 bits per heavy atom. The third kappa shape index (κ3) is 8.13. The maximum atomic E-state index is 12.1. The van der Waals surface area contributed by atoms with E-state index in [1.807, 2.05) is 12.1 Å². The summed E-state index contributed by atoms with van der Waals surface area (Å²) in [6.07, 6.45) is 1.51. The predicted octanol–water partition coefficient (Wildman–Crippen LogP) is 6.27. The average molecular weight is 614 g/mol. The number of nitrogens with one attached hydrogen (secondary N) is 2. The molecule has 2 amide bonds. The standard InChI is InChI=1S/C25H21BrCl3N3O4/c1-35-22-11-16(10-19(26)24(22)36-14-15-2-5-18(27)6-3-15)13-31-32-23(33)8-9-30-25(34)17-4-7-20(28)21(29)12-17/h2-7,10-13H,8-9,14H2,1H3,(H,30,34)(H,32,33). The van der Waals surface area contributed by atoms with Crippen molar-refractivity contribution in [1.29, 1.82) is 0 Å². The van der Waals surface area contributed by atoms with Crippen LogP contribution in [0.25, 0.3) is 0 Å². The van der Waals surface area contributed by atoms with Crippen molar-refractivity contribution in [3.05, 3.63) is 90.8 Å². The Bertz CT molecular complexity index is 1270. The molecule has 0 aliphatic rings. The van der Waals surface area contributed by atoms with Crippen LogP contribution in [0.1, 0.15) is 27.9 Å². The van der Waals surface area contributed by atoms with Gasteiger partial charge in [-0.05, 0) is 69.5 Å². The van der Waals surface area contributed by atoms with Crippen molar-refractivity contribution >= 4 is 68.8 Å². The first-order valence-corrected chi connectivity index (χ1v) is 12.5. The molecule has 0 radical (unpaired) electrons.